The molecule has 0 aliphatic heterocycles. The zero-order chi connectivity index (χ0) is 16.3. The molecule has 0 spiro atoms. The lowest BCUT2D eigenvalue weighted by Crippen LogP contribution is -2.14. The van der Waals surface area contributed by atoms with Crippen LogP contribution in [0.5, 0.6) is 0 Å². The van der Waals surface area contributed by atoms with Crippen molar-refractivity contribution in [3.8, 4) is 6.07 Å². The van der Waals surface area contributed by atoms with Crippen molar-refractivity contribution in [1.29, 1.82) is 5.26 Å². The maximum atomic E-state index is 12.3. The molecule has 1 amide bonds. The molecule has 1 N–H and O–H groups in total. The van der Waals surface area contributed by atoms with Crippen molar-refractivity contribution in [2.75, 3.05) is 5.32 Å². The fourth-order valence-corrected chi connectivity index (χ4v) is 2.17. The second kappa shape index (κ2) is 6.50. The first-order valence-electron chi connectivity index (χ1n) is 6.74. The van der Waals surface area contributed by atoms with Gasteiger partial charge in [0, 0.05) is 29.1 Å². The normalized spacial score (nSPS) is 11.1. The number of nitrogens with one attached hydrogen (secondary N) is 1. The van der Waals surface area contributed by atoms with Gasteiger partial charge in [-0.15, -0.1) is 0 Å². The van der Waals surface area contributed by atoms with E-state index in [1.807, 2.05) is 49.7 Å². The highest BCUT2D eigenvalue weighted by atomic mass is 35.5. The van der Waals surface area contributed by atoms with Gasteiger partial charge in [-0.3, -0.25) is 4.79 Å². The molecule has 1 aromatic heterocycles. The van der Waals surface area contributed by atoms with Crippen LogP contribution >= 0.6 is 11.6 Å². The highest BCUT2D eigenvalue weighted by Gasteiger charge is 2.12. The lowest BCUT2D eigenvalue weighted by atomic mass is 10.1. The number of nitrogens with zero attached hydrogens (tertiary/aromatic N) is 2. The highest BCUT2D eigenvalue weighted by Crippen LogP contribution is 2.21. The first kappa shape index (κ1) is 15.9. The monoisotopic (exact) mass is 313 g/mol. The number of anilines is 1. The number of aryl methyl sites for hydroxylation is 2. The van der Waals surface area contributed by atoms with Gasteiger partial charge in [0.15, 0.2) is 0 Å². The number of hydrogen-bond acceptors (Lipinski definition) is 2. The predicted octanol–water partition coefficient (Wildman–Crippen LogP) is 3.84. The van der Waals surface area contributed by atoms with Crippen molar-refractivity contribution >= 4 is 29.3 Å². The number of carbonyl (C=O) groups excluding carboxylic acids is 1. The van der Waals surface area contributed by atoms with Crippen LogP contribution in [0.2, 0.25) is 5.02 Å². The molecule has 0 fully saturated rings. The molecule has 2 aromatic rings. The van der Waals surface area contributed by atoms with Crippen LogP contribution in [0.1, 0.15) is 17.0 Å². The average Bonchev–Trinajstić information content (AvgIpc) is 2.80. The minimum atomic E-state index is -0.452. The summed E-state index contributed by atoms with van der Waals surface area (Å²) in [7, 11) is 1.88. The molecule has 0 bridgehead atoms. The fraction of sp³-hybridized carbons (Fsp3) is 0.176. The SMILES string of the molecule is Cc1ccc(Cl)cc1NC(=O)/C(C#N)=C\c1ccc(C)n1C. The van der Waals surface area contributed by atoms with Crippen LogP contribution in [0.15, 0.2) is 35.9 Å². The van der Waals surface area contributed by atoms with Gasteiger partial charge in [0.05, 0.1) is 0 Å². The lowest BCUT2D eigenvalue weighted by Gasteiger charge is -2.08. The Bertz CT molecular complexity index is 797. The number of halogens is 1. The van der Waals surface area contributed by atoms with E-state index in [4.69, 9.17) is 11.6 Å². The number of rotatable bonds is 3. The molecule has 0 unspecified atom stereocenters. The Morgan fingerprint density at radius 3 is 2.64 bits per heavy atom. The van der Waals surface area contributed by atoms with Gasteiger partial charge in [0.25, 0.3) is 5.91 Å². The van der Waals surface area contributed by atoms with Gasteiger partial charge < -0.3 is 9.88 Å². The van der Waals surface area contributed by atoms with E-state index >= 15 is 0 Å². The number of benzene rings is 1. The molecule has 0 saturated heterocycles. The minimum absolute atomic E-state index is 0.0422. The largest absolute Gasteiger partial charge is 0.348 e. The van der Waals surface area contributed by atoms with Crippen molar-refractivity contribution in [2.45, 2.75) is 13.8 Å². The summed E-state index contributed by atoms with van der Waals surface area (Å²) < 4.78 is 1.91. The zero-order valence-corrected chi connectivity index (χ0v) is 13.4. The van der Waals surface area contributed by atoms with Crippen LogP contribution in [0.4, 0.5) is 5.69 Å². The van der Waals surface area contributed by atoms with E-state index in [-0.39, 0.29) is 5.57 Å². The Kier molecular flexibility index (Phi) is 4.69. The van der Waals surface area contributed by atoms with Gasteiger partial charge in [-0.05, 0) is 49.8 Å². The number of hydrogen-bond donors (Lipinski definition) is 1. The summed E-state index contributed by atoms with van der Waals surface area (Å²) in [6.45, 7) is 3.82. The molecule has 1 aromatic carbocycles. The second-order valence-electron chi connectivity index (χ2n) is 5.04. The molecule has 0 atom stereocenters. The maximum absolute atomic E-state index is 12.3. The molecule has 22 heavy (non-hydrogen) atoms. The van der Waals surface area contributed by atoms with Crippen molar-refractivity contribution in [1.82, 2.24) is 4.57 Å². The third-order valence-electron chi connectivity index (χ3n) is 3.52. The van der Waals surface area contributed by atoms with Gasteiger partial charge >= 0.3 is 0 Å². The summed E-state index contributed by atoms with van der Waals surface area (Å²) in [4.78, 5) is 12.3. The van der Waals surface area contributed by atoms with E-state index in [0.29, 0.717) is 10.7 Å². The summed E-state index contributed by atoms with van der Waals surface area (Å²) in [5.41, 5.74) is 3.37. The molecular formula is C17H16ClN3O. The zero-order valence-electron chi connectivity index (χ0n) is 12.6. The average molecular weight is 314 g/mol. The molecule has 2 rings (SSSR count). The summed E-state index contributed by atoms with van der Waals surface area (Å²) in [5, 5.41) is 12.5. The van der Waals surface area contributed by atoms with Gasteiger partial charge in [-0.1, -0.05) is 17.7 Å². The van der Waals surface area contributed by atoms with E-state index in [2.05, 4.69) is 5.32 Å². The number of aromatic nitrogens is 1. The van der Waals surface area contributed by atoms with E-state index in [1.54, 1.807) is 18.2 Å². The topological polar surface area (TPSA) is 57.8 Å². The Hall–Kier alpha value is -2.51. The minimum Gasteiger partial charge on any atom is -0.348 e. The molecule has 0 aliphatic carbocycles. The Morgan fingerprint density at radius 2 is 2.05 bits per heavy atom. The van der Waals surface area contributed by atoms with Crippen LogP contribution in [0.3, 0.4) is 0 Å². The third kappa shape index (κ3) is 3.38. The smallest absolute Gasteiger partial charge is 0.266 e. The maximum Gasteiger partial charge on any atom is 0.266 e. The summed E-state index contributed by atoms with van der Waals surface area (Å²) in [6.07, 6.45) is 1.57. The number of amides is 1. The van der Waals surface area contributed by atoms with Crippen LogP contribution in [-0.2, 0) is 11.8 Å². The van der Waals surface area contributed by atoms with Crippen molar-refractivity contribution in [3.05, 3.63) is 57.9 Å². The molecular weight excluding hydrogens is 298 g/mol. The quantitative estimate of drug-likeness (QED) is 0.691. The van der Waals surface area contributed by atoms with Crippen molar-refractivity contribution in [2.24, 2.45) is 7.05 Å². The standard InChI is InChI=1S/C17H16ClN3O/c1-11-4-6-14(18)9-16(11)20-17(22)13(10-19)8-15-7-5-12(2)21(15)3/h4-9H,1-3H3,(H,20,22)/b13-8-. The van der Waals surface area contributed by atoms with Gasteiger partial charge in [0.2, 0.25) is 0 Å². The van der Waals surface area contributed by atoms with E-state index in [1.165, 1.54) is 0 Å². The van der Waals surface area contributed by atoms with Gasteiger partial charge in [-0.25, -0.2) is 0 Å². The molecule has 1 heterocycles. The highest BCUT2D eigenvalue weighted by molar-refractivity contribution is 6.31. The third-order valence-corrected chi connectivity index (χ3v) is 3.75. The summed E-state index contributed by atoms with van der Waals surface area (Å²) in [5.74, 6) is -0.452. The first-order chi connectivity index (χ1) is 10.4. The van der Waals surface area contributed by atoms with Crippen molar-refractivity contribution < 1.29 is 4.79 Å². The molecule has 0 radical (unpaired) electrons. The molecule has 5 heteroatoms. The summed E-state index contributed by atoms with van der Waals surface area (Å²) in [6, 6.07) is 11.0. The molecule has 0 aliphatic rings. The second-order valence-corrected chi connectivity index (χ2v) is 5.48. The van der Waals surface area contributed by atoms with Crippen LogP contribution in [0.25, 0.3) is 6.08 Å². The summed E-state index contributed by atoms with van der Waals surface area (Å²) >= 11 is 5.93. The van der Waals surface area contributed by atoms with E-state index in [9.17, 15) is 10.1 Å². The van der Waals surface area contributed by atoms with Crippen LogP contribution in [-0.4, -0.2) is 10.5 Å². The van der Waals surface area contributed by atoms with Gasteiger partial charge in [-0.2, -0.15) is 5.26 Å². The van der Waals surface area contributed by atoms with E-state index < -0.39 is 5.91 Å². The molecule has 112 valence electrons. The molecule has 0 saturated carbocycles. The number of carbonyl (C=O) groups is 1. The fourth-order valence-electron chi connectivity index (χ4n) is 1.99. The van der Waals surface area contributed by atoms with Gasteiger partial charge in [0.1, 0.15) is 11.6 Å². The lowest BCUT2D eigenvalue weighted by molar-refractivity contribution is -0.112. The van der Waals surface area contributed by atoms with Crippen LogP contribution < -0.4 is 5.32 Å². The first-order valence-corrected chi connectivity index (χ1v) is 7.12. The Balaban J connectivity index is 2.28. The Morgan fingerprint density at radius 1 is 1.32 bits per heavy atom. The van der Waals surface area contributed by atoms with Crippen LogP contribution in [0, 0.1) is 25.2 Å². The van der Waals surface area contributed by atoms with E-state index in [0.717, 1.165) is 17.0 Å². The molecule has 4 nitrogen and oxygen atoms in total. The predicted molar refractivity (Wildman–Crippen MR) is 88.6 cm³/mol. The number of nitriles is 1. The Labute approximate surface area is 134 Å². The van der Waals surface area contributed by atoms with Crippen molar-refractivity contribution in [3.63, 3.8) is 0 Å².